The second kappa shape index (κ2) is 21.0. The molecule has 2 aliphatic rings. The van der Waals surface area contributed by atoms with Crippen molar-refractivity contribution in [2.75, 3.05) is 20.3 Å². The number of methoxy groups -OCH3 is 1. The third-order valence-electron chi connectivity index (χ3n) is 6.15. The summed E-state index contributed by atoms with van der Waals surface area (Å²) in [6, 6.07) is 25.3. The van der Waals surface area contributed by atoms with Gasteiger partial charge in [-0.15, -0.1) is 0 Å². The fourth-order valence-electron chi connectivity index (χ4n) is 3.40. The number of carbonyl (C=O) groups excluding carboxylic acids is 1. The first-order chi connectivity index (χ1) is 19.8. The molecule has 1 fully saturated rings. The van der Waals surface area contributed by atoms with E-state index in [0.29, 0.717) is 18.1 Å². The third-order valence-corrected chi connectivity index (χ3v) is 6.15. The number of hydrogen-bond donors (Lipinski definition) is 1. The molecule has 1 saturated carbocycles. The topological polar surface area (TPSA) is 58.8 Å². The number of ether oxygens (including phenoxy) is 2. The molecule has 1 aliphatic carbocycles. The zero-order valence-corrected chi connectivity index (χ0v) is 26.2. The van der Waals surface area contributed by atoms with Gasteiger partial charge in [0, 0.05) is 13.3 Å². The summed E-state index contributed by atoms with van der Waals surface area (Å²) in [5.41, 5.74) is 4.48. The molecule has 3 aromatic rings. The third kappa shape index (κ3) is 15.5. The lowest BCUT2D eigenvalue weighted by atomic mass is 10.0. The van der Waals surface area contributed by atoms with Crippen LogP contribution in [0.4, 0.5) is 0 Å². The van der Waals surface area contributed by atoms with Gasteiger partial charge in [-0.2, -0.15) is 4.58 Å². The second-order valence-electron chi connectivity index (χ2n) is 9.54. The number of ketones is 1. The van der Waals surface area contributed by atoms with Crippen LogP contribution in [-0.2, 0) is 16.0 Å². The van der Waals surface area contributed by atoms with Gasteiger partial charge in [0.2, 0.25) is 17.8 Å². The molecule has 1 aliphatic heterocycles. The lowest BCUT2D eigenvalue weighted by molar-refractivity contribution is -0.401. The predicted molar refractivity (Wildman–Crippen MR) is 171 cm³/mol. The van der Waals surface area contributed by atoms with Crippen LogP contribution in [0.25, 0.3) is 0 Å². The van der Waals surface area contributed by atoms with Crippen LogP contribution in [0.2, 0.25) is 0 Å². The molecule has 0 atom stereocenters. The van der Waals surface area contributed by atoms with Crippen molar-refractivity contribution in [1.29, 1.82) is 0 Å². The molecule has 0 amide bonds. The summed E-state index contributed by atoms with van der Waals surface area (Å²) in [4.78, 5) is 11.6. The normalized spacial score (nSPS) is 13.3. The smallest absolute Gasteiger partial charge is 0.315 e. The Balaban J connectivity index is 0.000000324. The van der Waals surface area contributed by atoms with Gasteiger partial charge in [0.1, 0.15) is 18.0 Å². The maximum Gasteiger partial charge on any atom is 0.315 e. The van der Waals surface area contributed by atoms with Crippen LogP contribution in [0.5, 0.6) is 11.5 Å². The molecule has 0 aromatic heterocycles. The SMILES string of the molecule is C1CCC1.CC.CC[N+]1=CC/1=C(/OCCc1ccc(OC)cc1)C(C)=O.Cc1cccc(O)c1.Cc1ccccc1. The Hall–Kier alpha value is -3.86. The molecular weight excluding hydrogens is 510 g/mol. The Labute approximate surface area is 248 Å². The molecule has 5 heteroatoms. The van der Waals surface area contributed by atoms with E-state index in [0.717, 1.165) is 35.5 Å². The van der Waals surface area contributed by atoms with Crippen molar-refractivity contribution in [3.63, 3.8) is 0 Å². The number of rotatable bonds is 7. The number of aryl methyl sites for hydroxylation is 2. The molecule has 222 valence electrons. The summed E-state index contributed by atoms with van der Waals surface area (Å²) in [6.45, 7) is 13.0. The van der Waals surface area contributed by atoms with Crippen LogP contribution in [-0.4, -0.2) is 41.9 Å². The zero-order chi connectivity index (χ0) is 30.5. The van der Waals surface area contributed by atoms with Crippen molar-refractivity contribution in [1.82, 2.24) is 0 Å². The van der Waals surface area contributed by atoms with E-state index in [9.17, 15) is 4.79 Å². The summed E-state index contributed by atoms with van der Waals surface area (Å²) in [5, 5.41) is 8.81. The average molecular weight is 561 g/mol. The molecule has 1 heterocycles. The number of phenols is 1. The van der Waals surface area contributed by atoms with Crippen molar-refractivity contribution >= 4 is 12.0 Å². The Morgan fingerprint density at radius 1 is 0.854 bits per heavy atom. The van der Waals surface area contributed by atoms with Crippen LogP contribution in [0.1, 0.15) is 70.1 Å². The minimum atomic E-state index is -0.0260. The number of benzene rings is 3. The fraction of sp³-hybridized carbons (Fsp3) is 0.389. The fourth-order valence-corrected chi connectivity index (χ4v) is 3.40. The minimum Gasteiger partial charge on any atom is -0.508 e. The summed E-state index contributed by atoms with van der Waals surface area (Å²) in [6.07, 6.45) is 8.70. The first-order valence-corrected chi connectivity index (χ1v) is 14.7. The highest BCUT2D eigenvalue weighted by molar-refractivity contribution is 5.99. The number of aromatic hydroxyl groups is 1. The van der Waals surface area contributed by atoms with Crippen LogP contribution < -0.4 is 4.74 Å². The van der Waals surface area contributed by atoms with Crippen molar-refractivity contribution < 1.29 is 24.0 Å². The molecule has 0 unspecified atom stereocenters. The van der Waals surface area contributed by atoms with Gasteiger partial charge in [0.15, 0.2) is 0 Å². The Morgan fingerprint density at radius 3 is 1.80 bits per heavy atom. The van der Waals surface area contributed by atoms with Gasteiger partial charge in [-0.1, -0.05) is 99.7 Å². The van der Waals surface area contributed by atoms with E-state index in [-0.39, 0.29) is 5.78 Å². The largest absolute Gasteiger partial charge is 0.508 e. The predicted octanol–water partition coefficient (Wildman–Crippen LogP) is 8.45. The van der Waals surface area contributed by atoms with E-state index >= 15 is 0 Å². The summed E-state index contributed by atoms with van der Waals surface area (Å²) in [7, 11) is 1.65. The van der Waals surface area contributed by atoms with E-state index in [1.807, 2.05) is 93.1 Å². The number of Topliss-reactive ketones (excluding diaryl/α,β-unsaturated/α-hetero) is 1. The maximum absolute atomic E-state index is 11.6. The van der Waals surface area contributed by atoms with Crippen molar-refractivity contribution in [3.05, 3.63) is 107 Å². The molecule has 3 aromatic carbocycles. The number of allylic oxidation sites excluding steroid dienone is 2. The van der Waals surface area contributed by atoms with Crippen molar-refractivity contribution in [3.8, 4) is 11.5 Å². The highest BCUT2D eigenvalue weighted by atomic mass is 16.5. The average Bonchev–Trinajstić information content (AvgIpc) is 3.72. The molecule has 41 heavy (non-hydrogen) atoms. The molecule has 0 spiro atoms. The molecule has 5 rings (SSSR count). The Bertz CT molecular complexity index is 1170. The Kier molecular flexibility index (Phi) is 18.0. The summed E-state index contributed by atoms with van der Waals surface area (Å²) >= 11 is 0. The van der Waals surface area contributed by atoms with Crippen LogP contribution in [0.3, 0.4) is 0 Å². The molecular formula is C36H50NO4+. The lowest BCUT2D eigenvalue weighted by Crippen LogP contribution is -2.08. The van der Waals surface area contributed by atoms with Gasteiger partial charge in [-0.3, -0.25) is 4.79 Å². The molecule has 1 N–H and O–H groups in total. The Morgan fingerprint density at radius 2 is 1.44 bits per heavy atom. The van der Waals surface area contributed by atoms with E-state index in [1.165, 1.54) is 38.2 Å². The molecule has 5 nitrogen and oxygen atoms in total. The minimum absolute atomic E-state index is 0.0260. The molecule has 0 radical (unpaired) electrons. The van der Waals surface area contributed by atoms with Crippen LogP contribution >= 0.6 is 0 Å². The standard InChI is InChI=1S/C16H20NO3.C7H8O.C7H8.C4H8.C2H6/c1-4-17-11-15(17)16(12(2)18)20-10-9-13-5-7-14(19-3)8-6-13;1-6-3-2-4-7(8)5-6;1-7-5-3-2-4-6-7;1-2-4-3-1;1-2/h5-8,11H,4,9-10H2,1-3H3;2-5,8H,1H3;2-6H,1H3;1-4H2;1-2H3/q+1;;;;/b16-15-;;;;. The van der Waals surface area contributed by atoms with Gasteiger partial charge in [0.25, 0.3) is 0 Å². The highest BCUT2D eigenvalue weighted by Gasteiger charge is 2.34. The quantitative estimate of drug-likeness (QED) is 0.179. The number of carbonyl (C=O) groups is 1. The van der Waals surface area contributed by atoms with Crippen molar-refractivity contribution in [2.45, 2.75) is 73.6 Å². The van der Waals surface area contributed by atoms with Gasteiger partial charge in [0.05, 0.1) is 13.7 Å². The van der Waals surface area contributed by atoms with Crippen LogP contribution in [0.15, 0.2) is 90.3 Å². The van der Waals surface area contributed by atoms with Gasteiger partial charge < -0.3 is 14.6 Å². The first-order valence-electron chi connectivity index (χ1n) is 14.7. The van der Waals surface area contributed by atoms with Gasteiger partial charge in [-0.05, 0) is 56.2 Å². The van der Waals surface area contributed by atoms with Gasteiger partial charge >= 0.3 is 5.70 Å². The van der Waals surface area contributed by atoms with Crippen LogP contribution in [0, 0.1) is 13.8 Å². The first kappa shape index (κ1) is 35.2. The summed E-state index contributed by atoms with van der Waals surface area (Å²) < 4.78 is 12.8. The van der Waals surface area contributed by atoms with E-state index in [4.69, 9.17) is 14.6 Å². The number of nitrogens with zero attached hydrogens (tertiary/aromatic N) is 1. The number of phenolic OH excluding ortho intramolecular Hbond substituents is 1. The number of hydrogen-bond acceptors (Lipinski definition) is 4. The van der Waals surface area contributed by atoms with Crippen molar-refractivity contribution in [2.24, 2.45) is 0 Å². The van der Waals surface area contributed by atoms with E-state index in [2.05, 4.69) is 19.1 Å². The van der Waals surface area contributed by atoms with Gasteiger partial charge in [-0.25, -0.2) is 0 Å². The zero-order valence-electron chi connectivity index (χ0n) is 26.2. The van der Waals surface area contributed by atoms with E-state index in [1.54, 1.807) is 19.2 Å². The lowest BCUT2D eigenvalue weighted by Gasteiger charge is -2.06. The van der Waals surface area contributed by atoms with E-state index < -0.39 is 0 Å². The maximum atomic E-state index is 11.6. The second-order valence-corrected chi connectivity index (χ2v) is 9.54. The monoisotopic (exact) mass is 560 g/mol. The highest BCUT2D eigenvalue weighted by Crippen LogP contribution is 2.17. The molecule has 0 saturated heterocycles. The molecule has 0 bridgehead atoms. The summed E-state index contributed by atoms with van der Waals surface area (Å²) in [5.74, 6) is 1.62.